The molecular weight excluding hydrogens is 435 g/mol. The van der Waals surface area contributed by atoms with E-state index >= 15 is 0 Å². The summed E-state index contributed by atoms with van der Waals surface area (Å²) in [6.07, 6.45) is -1.76. The Morgan fingerprint density at radius 3 is 2.45 bits per heavy atom. The average Bonchev–Trinajstić information content (AvgIpc) is 3.30. The van der Waals surface area contributed by atoms with Crippen LogP contribution in [0.4, 0.5) is 18.9 Å². The minimum Gasteiger partial charge on any atom is -0.320 e. The molecular formula is C23H20F3N5O2. The molecule has 4 aromatic rings. The highest BCUT2D eigenvalue weighted by Crippen LogP contribution is 2.36. The molecule has 0 aliphatic heterocycles. The van der Waals surface area contributed by atoms with E-state index in [4.69, 9.17) is 0 Å². The van der Waals surface area contributed by atoms with E-state index in [-0.39, 0.29) is 40.2 Å². The first-order valence-corrected chi connectivity index (χ1v) is 10.2. The van der Waals surface area contributed by atoms with Crippen LogP contribution in [-0.2, 0) is 12.7 Å². The van der Waals surface area contributed by atoms with E-state index in [1.807, 2.05) is 13.8 Å². The van der Waals surface area contributed by atoms with Gasteiger partial charge in [0.2, 0.25) is 0 Å². The van der Waals surface area contributed by atoms with Gasteiger partial charge in [-0.25, -0.2) is 9.36 Å². The van der Waals surface area contributed by atoms with Gasteiger partial charge >= 0.3 is 6.18 Å². The molecule has 2 aromatic carbocycles. The Hall–Kier alpha value is -3.95. The van der Waals surface area contributed by atoms with Crippen molar-refractivity contribution in [2.45, 2.75) is 26.6 Å². The predicted octanol–water partition coefficient (Wildman–Crippen LogP) is 4.51. The molecule has 0 aliphatic carbocycles. The number of halogens is 3. The quantitative estimate of drug-likeness (QED) is 0.480. The van der Waals surface area contributed by atoms with Crippen LogP contribution in [0.2, 0.25) is 0 Å². The van der Waals surface area contributed by atoms with Gasteiger partial charge in [-0.05, 0) is 36.2 Å². The lowest BCUT2D eigenvalue weighted by Crippen LogP contribution is -2.29. The molecule has 10 heteroatoms. The Morgan fingerprint density at radius 2 is 1.82 bits per heavy atom. The predicted molar refractivity (Wildman–Crippen MR) is 117 cm³/mol. The lowest BCUT2D eigenvalue weighted by Gasteiger charge is -2.16. The number of anilines is 1. The first kappa shape index (κ1) is 22.3. The molecule has 0 bridgehead atoms. The van der Waals surface area contributed by atoms with Crippen molar-refractivity contribution in [2.75, 3.05) is 5.32 Å². The van der Waals surface area contributed by atoms with Gasteiger partial charge in [0.25, 0.3) is 11.5 Å². The van der Waals surface area contributed by atoms with Gasteiger partial charge in [0.1, 0.15) is 0 Å². The van der Waals surface area contributed by atoms with E-state index in [0.717, 1.165) is 6.07 Å². The van der Waals surface area contributed by atoms with E-state index in [0.29, 0.717) is 0 Å². The van der Waals surface area contributed by atoms with E-state index < -0.39 is 23.3 Å². The van der Waals surface area contributed by atoms with Gasteiger partial charge in [-0.15, -0.1) is 0 Å². The highest BCUT2D eigenvalue weighted by Gasteiger charge is 2.35. The number of nitrogens with zero attached hydrogens (tertiary/aromatic N) is 4. The summed E-state index contributed by atoms with van der Waals surface area (Å²) in [6, 6.07) is 11.5. The number of carbonyl (C=O) groups is 1. The third kappa shape index (κ3) is 4.50. The second kappa shape index (κ2) is 8.53. The van der Waals surface area contributed by atoms with Gasteiger partial charge in [0.05, 0.1) is 22.3 Å². The number of carbonyl (C=O) groups excluding carboxylic acids is 1. The van der Waals surface area contributed by atoms with Crippen LogP contribution in [0.25, 0.3) is 16.5 Å². The number of rotatable bonds is 5. The van der Waals surface area contributed by atoms with Gasteiger partial charge in [-0.1, -0.05) is 32.0 Å². The second-order valence-corrected chi connectivity index (χ2v) is 7.91. The first-order chi connectivity index (χ1) is 15.6. The molecule has 33 heavy (non-hydrogen) atoms. The second-order valence-electron chi connectivity index (χ2n) is 7.91. The maximum absolute atomic E-state index is 13.8. The average molecular weight is 455 g/mol. The summed E-state index contributed by atoms with van der Waals surface area (Å²) in [5.41, 5.74) is -1.75. The lowest BCUT2D eigenvalue weighted by atomic mass is 10.1. The number of alkyl halides is 3. The van der Waals surface area contributed by atoms with Crippen molar-refractivity contribution in [1.82, 2.24) is 19.6 Å². The molecule has 0 atom stereocenters. The van der Waals surface area contributed by atoms with Crippen molar-refractivity contribution >= 4 is 22.4 Å². The van der Waals surface area contributed by atoms with Gasteiger partial charge in [0.15, 0.2) is 5.69 Å². The van der Waals surface area contributed by atoms with Gasteiger partial charge in [-0.3, -0.25) is 9.59 Å². The van der Waals surface area contributed by atoms with Crippen LogP contribution >= 0.6 is 0 Å². The molecule has 7 nitrogen and oxygen atoms in total. The van der Waals surface area contributed by atoms with Crippen LogP contribution in [-0.4, -0.2) is 25.5 Å². The van der Waals surface area contributed by atoms with Gasteiger partial charge in [-0.2, -0.15) is 23.4 Å². The van der Waals surface area contributed by atoms with Gasteiger partial charge in [0, 0.05) is 24.3 Å². The Morgan fingerprint density at radius 1 is 1.09 bits per heavy atom. The minimum absolute atomic E-state index is 0.0685. The minimum atomic E-state index is -4.72. The summed E-state index contributed by atoms with van der Waals surface area (Å²) < 4.78 is 43.8. The molecule has 4 rings (SSSR count). The van der Waals surface area contributed by atoms with Crippen LogP contribution in [0.3, 0.4) is 0 Å². The molecule has 0 unspecified atom stereocenters. The number of aromatic nitrogens is 4. The number of benzene rings is 2. The summed E-state index contributed by atoms with van der Waals surface area (Å²) >= 11 is 0. The topological polar surface area (TPSA) is 81.8 Å². The number of nitrogens with one attached hydrogen (secondary N) is 1. The maximum Gasteiger partial charge on any atom is 0.418 e. The maximum atomic E-state index is 13.8. The summed E-state index contributed by atoms with van der Waals surface area (Å²) in [7, 11) is 0. The number of hydrogen-bond donors (Lipinski definition) is 1. The molecule has 1 amide bonds. The zero-order valence-corrected chi connectivity index (χ0v) is 17.8. The lowest BCUT2D eigenvalue weighted by molar-refractivity contribution is -0.136. The van der Waals surface area contributed by atoms with E-state index in [2.05, 4.69) is 15.5 Å². The summed E-state index contributed by atoms with van der Waals surface area (Å²) in [5.74, 6) is -0.778. The standard InChI is InChI=1S/C23H20F3N5O2/c1-14(2)13-31-22(33)17-7-4-3-6-16(17)20(29-31)21(32)28-19-9-8-15(30-11-5-10-27-30)12-18(19)23(24,25)26/h3-12,14H,13H2,1-2H3,(H,28,32). The highest BCUT2D eigenvalue weighted by molar-refractivity contribution is 6.11. The molecule has 1 N–H and O–H groups in total. The molecule has 2 heterocycles. The fourth-order valence-electron chi connectivity index (χ4n) is 3.49. The largest absolute Gasteiger partial charge is 0.418 e. The van der Waals surface area contributed by atoms with Crippen LogP contribution in [0.15, 0.2) is 65.7 Å². The number of hydrogen-bond acceptors (Lipinski definition) is 4. The Kier molecular flexibility index (Phi) is 5.75. The van der Waals surface area contributed by atoms with Crippen molar-refractivity contribution < 1.29 is 18.0 Å². The van der Waals surface area contributed by atoms with Crippen LogP contribution in [0.5, 0.6) is 0 Å². The summed E-state index contributed by atoms with van der Waals surface area (Å²) in [4.78, 5) is 25.8. The zero-order chi connectivity index (χ0) is 23.8. The van der Waals surface area contributed by atoms with Crippen molar-refractivity contribution in [3.63, 3.8) is 0 Å². The number of fused-ring (bicyclic) bond motifs is 1. The molecule has 0 saturated heterocycles. The van der Waals surface area contributed by atoms with E-state index in [1.54, 1.807) is 30.3 Å². The zero-order valence-electron chi connectivity index (χ0n) is 17.8. The molecule has 0 radical (unpaired) electrons. The molecule has 0 fully saturated rings. The van der Waals surface area contributed by atoms with Crippen molar-refractivity contribution in [2.24, 2.45) is 5.92 Å². The Bertz CT molecular complexity index is 1380. The van der Waals surface area contributed by atoms with Crippen molar-refractivity contribution in [3.05, 3.63) is 82.5 Å². The SMILES string of the molecule is CC(C)Cn1nc(C(=O)Nc2ccc(-n3cccn3)cc2C(F)(F)F)c2ccccc2c1=O. The van der Waals surface area contributed by atoms with Crippen LogP contribution in [0, 0.1) is 5.92 Å². The number of amides is 1. The normalized spacial score (nSPS) is 11.8. The fraction of sp³-hybridized carbons (Fsp3) is 0.217. The van der Waals surface area contributed by atoms with Crippen molar-refractivity contribution in [3.8, 4) is 5.69 Å². The van der Waals surface area contributed by atoms with Crippen LogP contribution < -0.4 is 10.9 Å². The smallest absolute Gasteiger partial charge is 0.320 e. The van der Waals surface area contributed by atoms with Crippen LogP contribution in [0.1, 0.15) is 29.9 Å². The monoisotopic (exact) mass is 455 g/mol. The third-order valence-electron chi connectivity index (χ3n) is 4.95. The molecule has 0 aliphatic rings. The Balaban J connectivity index is 1.79. The Labute approximate surface area is 186 Å². The molecule has 170 valence electrons. The van der Waals surface area contributed by atoms with E-state index in [9.17, 15) is 22.8 Å². The molecule has 0 spiro atoms. The molecule has 2 aromatic heterocycles. The van der Waals surface area contributed by atoms with Gasteiger partial charge < -0.3 is 5.32 Å². The third-order valence-corrected chi connectivity index (χ3v) is 4.95. The van der Waals surface area contributed by atoms with Crippen molar-refractivity contribution in [1.29, 1.82) is 0 Å². The summed E-state index contributed by atoms with van der Waals surface area (Å²) in [5, 5.41) is 11.0. The summed E-state index contributed by atoms with van der Waals surface area (Å²) in [6.45, 7) is 4.04. The fourth-order valence-corrected chi connectivity index (χ4v) is 3.49. The highest BCUT2D eigenvalue weighted by atomic mass is 19.4. The molecule has 0 saturated carbocycles. The van der Waals surface area contributed by atoms with E-state index in [1.165, 1.54) is 33.9 Å². The first-order valence-electron chi connectivity index (χ1n) is 10.2.